The van der Waals surface area contributed by atoms with E-state index in [1.165, 1.54) is 19.1 Å². The molecule has 2 amide bonds. The number of aliphatic carboxylic acids is 1. The van der Waals surface area contributed by atoms with Crippen molar-refractivity contribution in [3.8, 4) is 5.75 Å². The number of rotatable bonds is 18. The Morgan fingerprint density at radius 2 is 1.67 bits per heavy atom. The lowest BCUT2D eigenvalue weighted by molar-refractivity contribution is -0.144. The summed E-state index contributed by atoms with van der Waals surface area (Å²) in [6, 6.07) is 11.9. The zero-order valence-corrected chi connectivity index (χ0v) is 25.1. The number of nitrogens with two attached hydrogens (primary N) is 2. The third-order valence-electron chi connectivity index (χ3n) is 7.22. The normalized spacial score (nSPS) is 14.5. The maximum Gasteiger partial charge on any atom is 0.316 e. The lowest BCUT2D eigenvalue weighted by Crippen LogP contribution is -2.49. The molecule has 0 bridgehead atoms. The Morgan fingerprint density at radius 1 is 1.00 bits per heavy atom. The summed E-state index contributed by atoms with van der Waals surface area (Å²) < 4.78 is 5.32. The van der Waals surface area contributed by atoms with Crippen LogP contribution >= 0.6 is 0 Å². The van der Waals surface area contributed by atoms with Gasteiger partial charge < -0.3 is 41.9 Å². The van der Waals surface area contributed by atoms with Crippen LogP contribution < -0.4 is 22.1 Å². The molecule has 2 aromatic carbocycles. The number of carbonyl (C=O) groups is 3. The molecule has 242 valence electrons. The summed E-state index contributed by atoms with van der Waals surface area (Å²) in [5.74, 6) is -2.62. The summed E-state index contributed by atoms with van der Waals surface area (Å²) in [5, 5.41) is 46.3. The second-order valence-electron chi connectivity index (χ2n) is 11.0. The zero-order chi connectivity index (χ0) is 32.9. The number of phenolic OH excluding ortho intramolecular Hbond substituents is 1. The van der Waals surface area contributed by atoms with Crippen LogP contribution in [0.3, 0.4) is 0 Å². The van der Waals surface area contributed by atoms with E-state index in [0.717, 1.165) is 5.56 Å². The fourth-order valence-corrected chi connectivity index (χ4v) is 4.74. The molecule has 10 N–H and O–H groups in total. The number of amidine groups is 1. The predicted octanol–water partition coefficient (Wildman–Crippen LogP) is 2.51. The minimum atomic E-state index is -1.18. The number of benzene rings is 2. The van der Waals surface area contributed by atoms with Crippen LogP contribution in [0.2, 0.25) is 0 Å². The number of carboxylic acid groups (broad SMARTS) is 1. The van der Waals surface area contributed by atoms with Gasteiger partial charge in [0.1, 0.15) is 11.8 Å². The Morgan fingerprint density at radius 3 is 2.29 bits per heavy atom. The number of nitrogens with one attached hydrogen (secondary N) is 3. The highest BCUT2D eigenvalue weighted by Crippen LogP contribution is 2.21. The number of carboxylic acids is 1. The summed E-state index contributed by atoms with van der Waals surface area (Å²) in [6.07, 6.45) is 0.345. The molecule has 0 fully saturated rings. The molecule has 5 atom stereocenters. The number of carbonyl (C=O) groups excluding carboxylic acids is 2. The van der Waals surface area contributed by atoms with Crippen LogP contribution in [0.1, 0.15) is 74.0 Å². The van der Waals surface area contributed by atoms with Crippen LogP contribution in [0.15, 0.2) is 59.1 Å². The minimum Gasteiger partial charge on any atom is -0.508 e. The lowest BCUT2D eigenvalue weighted by Gasteiger charge is -2.23. The monoisotopic (exact) mass is 623 g/mol. The molecule has 3 aromatic rings. The van der Waals surface area contributed by atoms with Crippen LogP contribution in [0.25, 0.3) is 0 Å². The van der Waals surface area contributed by atoms with Gasteiger partial charge in [0.15, 0.2) is 11.6 Å². The number of hydrogen-bond donors (Lipinski definition) is 8. The van der Waals surface area contributed by atoms with Crippen molar-refractivity contribution < 1.29 is 34.2 Å². The second kappa shape index (κ2) is 16.9. The van der Waals surface area contributed by atoms with Gasteiger partial charge in [0.05, 0.1) is 29.9 Å². The first-order valence-corrected chi connectivity index (χ1v) is 14.7. The van der Waals surface area contributed by atoms with Crippen molar-refractivity contribution in [1.82, 2.24) is 20.8 Å². The van der Waals surface area contributed by atoms with Gasteiger partial charge in [-0.2, -0.15) is 4.98 Å². The number of Topliss-reactive ketones (excluding diaryl/α,β-unsaturated/α-hetero) is 1. The van der Waals surface area contributed by atoms with Gasteiger partial charge in [-0.05, 0) is 55.9 Å². The maximum absolute atomic E-state index is 13.4. The Balaban J connectivity index is 1.69. The van der Waals surface area contributed by atoms with Crippen molar-refractivity contribution in [3.63, 3.8) is 0 Å². The zero-order valence-electron chi connectivity index (χ0n) is 25.1. The van der Waals surface area contributed by atoms with Crippen molar-refractivity contribution in [1.29, 1.82) is 5.41 Å². The highest BCUT2D eigenvalue weighted by atomic mass is 16.5. The lowest BCUT2D eigenvalue weighted by atomic mass is 9.90. The van der Waals surface area contributed by atoms with Gasteiger partial charge in [-0.25, -0.2) is 4.79 Å². The SMILES string of the molecule is CC(O)[C@H](NC(=O)N[C@@H](CCCCC(=N)N)C(=O)CC(Cc1ccc(O)cc1)C(=O)O)c1nc([C@@H](N)Cc2ccccc2)no1. The molecule has 2 unspecified atom stereocenters. The number of phenols is 1. The number of amides is 2. The molecule has 0 saturated carbocycles. The molecule has 3 rings (SSSR count). The molecule has 14 heteroatoms. The minimum absolute atomic E-state index is 0.00870. The molecular formula is C31H41N7O7. The fourth-order valence-electron chi connectivity index (χ4n) is 4.74. The van der Waals surface area contributed by atoms with Crippen molar-refractivity contribution in [2.24, 2.45) is 17.4 Å². The molecule has 0 aliphatic carbocycles. The van der Waals surface area contributed by atoms with E-state index < -0.39 is 47.9 Å². The molecule has 0 radical (unpaired) electrons. The molecule has 14 nitrogen and oxygen atoms in total. The van der Waals surface area contributed by atoms with Gasteiger partial charge in [0, 0.05) is 12.8 Å². The van der Waals surface area contributed by atoms with Crippen LogP contribution in [0.4, 0.5) is 4.79 Å². The summed E-state index contributed by atoms with van der Waals surface area (Å²) in [6.45, 7) is 1.42. The van der Waals surface area contributed by atoms with Crippen LogP contribution in [-0.2, 0) is 22.4 Å². The summed E-state index contributed by atoms with van der Waals surface area (Å²) in [4.78, 5) is 42.8. The summed E-state index contributed by atoms with van der Waals surface area (Å²) in [5.41, 5.74) is 13.3. The number of aliphatic hydroxyl groups is 1. The molecule has 1 aromatic heterocycles. The van der Waals surface area contributed by atoms with E-state index in [1.807, 2.05) is 30.3 Å². The van der Waals surface area contributed by atoms with E-state index >= 15 is 0 Å². The first-order chi connectivity index (χ1) is 21.4. The molecule has 0 aliphatic rings. The topological polar surface area (TPSA) is 251 Å². The maximum atomic E-state index is 13.4. The van der Waals surface area contributed by atoms with Gasteiger partial charge in [0.2, 0.25) is 0 Å². The predicted molar refractivity (Wildman–Crippen MR) is 164 cm³/mol. The number of hydrogen-bond acceptors (Lipinski definition) is 10. The molecule has 1 heterocycles. The van der Waals surface area contributed by atoms with E-state index in [-0.39, 0.29) is 42.6 Å². The van der Waals surface area contributed by atoms with Gasteiger partial charge in [-0.1, -0.05) is 54.0 Å². The Labute approximate surface area is 260 Å². The van der Waals surface area contributed by atoms with E-state index in [2.05, 4.69) is 20.8 Å². The third kappa shape index (κ3) is 11.3. The number of unbranched alkanes of at least 4 members (excludes halogenated alkanes) is 1. The van der Waals surface area contributed by atoms with Crippen molar-refractivity contribution in [2.45, 2.75) is 76.1 Å². The standard InChI is InChI=1S/C31H41N7O7/c1-18(39)27(29-37-28(38-45-29)23(32)16-19-7-3-2-4-8-19)36-31(44)35-24(9-5-6-10-26(33)34)25(41)17-21(30(42)43)15-20-11-13-22(40)14-12-20/h2-4,7-8,11-14,18,21,23-24,27,39-40H,5-6,9-10,15-17,32H2,1H3,(H3,33,34)(H,42,43)(H2,35,36,44)/t18?,21?,23-,24-,27-/m0/s1. The van der Waals surface area contributed by atoms with Gasteiger partial charge in [0.25, 0.3) is 5.89 Å². The van der Waals surface area contributed by atoms with E-state index in [0.29, 0.717) is 31.2 Å². The van der Waals surface area contributed by atoms with Crippen molar-refractivity contribution >= 4 is 23.6 Å². The first kappa shape index (κ1) is 34.7. The molecule has 0 saturated heterocycles. The highest BCUT2D eigenvalue weighted by molar-refractivity contribution is 5.91. The largest absolute Gasteiger partial charge is 0.508 e. The number of nitrogens with zero attached hydrogens (tertiary/aromatic N) is 2. The number of aromatic hydroxyl groups is 1. The average Bonchev–Trinajstić information content (AvgIpc) is 3.48. The number of aliphatic hydroxyl groups excluding tert-OH is 1. The molecular weight excluding hydrogens is 582 g/mol. The van der Waals surface area contributed by atoms with Crippen molar-refractivity contribution in [3.05, 3.63) is 77.4 Å². The summed E-state index contributed by atoms with van der Waals surface area (Å²) >= 11 is 0. The third-order valence-corrected chi connectivity index (χ3v) is 7.22. The Kier molecular flexibility index (Phi) is 13.0. The second-order valence-corrected chi connectivity index (χ2v) is 11.0. The van der Waals surface area contributed by atoms with Gasteiger partial charge >= 0.3 is 12.0 Å². The fraction of sp³-hybridized carbons (Fsp3) is 0.419. The van der Waals surface area contributed by atoms with E-state index in [1.54, 1.807) is 12.1 Å². The molecule has 45 heavy (non-hydrogen) atoms. The van der Waals surface area contributed by atoms with E-state index in [4.69, 9.17) is 21.4 Å². The quantitative estimate of drug-likeness (QED) is 0.0580. The average molecular weight is 624 g/mol. The number of aromatic nitrogens is 2. The van der Waals surface area contributed by atoms with E-state index in [9.17, 15) is 29.7 Å². The highest BCUT2D eigenvalue weighted by Gasteiger charge is 2.31. The Hall–Kier alpha value is -4.82. The number of ketones is 1. The smallest absolute Gasteiger partial charge is 0.316 e. The number of urea groups is 1. The summed E-state index contributed by atoms with van der Waals surface area (Å²) in [7, 11) is 0. The van der Waals surface area contributed by atoms with Crippen molar-refractivity contribution in [2.75, 3.05) is 0 Å². The first-order valence-electron chi connectivity index (χ1n) is 14.7. The van der Waals surface area contributed by atoms with Gasteiger partial charge in [-0.3, -0.25) is 15.0 Å². The van der Waals surface area contributed by atoms with Gasteiger partial charge in [-0.15, -0.1) is 0 Å². The van der Waals surface area contributed by atoms with Crippen LogP contribution in [-0.4, -0.2) is 61.2 Å². The van der Waals surface area contributed by atoms with Crippen LogP contribution in [0.5, 0.6) is 5.75 Å². The van der Waals surface area contributed by atoms with Crippen LogP contribution in [0, 0.1) is 11.3 Å². The Bertz CT molecular complexity index is 1410. The molecule has 0 aliphatic heterocycles. The molecule has 0 spiro atoms.